The predicted octanol–water partition coefficient (Wildman–Crippen LogP) is 38.6. The Morgan fingerprint density at radius 2 is 0.553 bits per heavy atom. The van der Waals surface area contributed by atoms with Crippen LogP contribution in [0, 0.1) is 29.6 Å². The van der Waals surface area contributed by atoms with Gasteiger partial charge in [-0.25, -0.2) is 0 Å². The summed E-state index contributed by atoms with van der Waals surface area (Å²) in [6, 6.07) is 17.5. The summed E-state index contributed by atoms with van der Waals surface area (Å²) in [5.74, 6) is 2.65. The Bertz CT molecular complexity index is 4320. The van der Waals surface area contributed by atoms with Gasteiger partial charge in [-0.15, -0.1) is 22.7 Å². The monoisotopic (exact) mass is 1850 g/mol. The number of amides is 2. The lowest BCUT2D eigenvalue weighted by Crippen LogP contribution is -2.34. The van der Waals surface area contributed by atoms with E-state index in [1.54, 1.807) is 22.7 Å². The van der Waals surface area contributed by atoms with Gasteiger partial charge in [0.1, 0.15) is 0 Å². The summed E-state index contributed by atoms with van der Waals surface area (Å²) < 4.78 is 4.06. The first-order valence-corrected chi connectivity index (χ1v) is 59.0. The zero-order chi connectivity index (χ0) is 94.1. The molecule has 0 radical (unpaired) electrons. The standard InChI is InChI=1S/C122H198N4O4S2/c1-13-21-29-37-43-47-53-61-71-99(72-62-54-48-44-38-30-22-14-2)75-67-57-69-81-106-109-90-85-103(125(109)121(129)113-107(110-92-91-108(98(11)12)126(110)122(130)114(106)113)82-70-58-68-76-100(73-63-55-49-45-39-31-23-15-3)74-64-56-50-46-40-32-24-16-4)84-87-105-89-94-112(132-105)118-116-115(119(127)124(118)96-102(78-60-36-28-20-8)80-66-52-42-34-26-18-6)117(111-93-88-104(131-111)86-83-97(9)10)123(120(116)128)95-101(77-59-35-27-19-7)79-65-51-41-33-25-17-5/h83-94,97-102H,13-82,95-96H2,1-12H3/b86-83+,87-84+. The van der Waals surface area contributed by atoms with Crippen LogP contribution >= 0.6 is 22.7 Å². The van der Waals surface area contributed by atoms with Crippen molar-refractivity contribution in [1.29, 1.82) is 0 Å². The Labute approximate surface area is 818 Å². The second-order valence-corrected chi connectivity index (χ2v) is 44.8. The molecule has 8 heterocycles. The smallest absolute Gasteiger partial charge is 0.264 e. The molecule has 2 amide bonds. The summed E-state index contributed by atoms with van der Waals surface area (Å²) in [7, 11) is 0. The van der Waals surface area contributed by atoms with Crippen LogP contribution in [0.1, 0.15) is 568 Å². The minimum Gasteiger partial charge on any atom is -0.306 e. The quantitative estimate of drug-likeness (QED) is 0.0356. The molecule has 0 fully saturated rings. The lowest BCUT2D eigenvalue weighted by molar-refractivity contribution is -0.124. The molecule has 0 aromatic carbocycles. The number of thiophene rings is 2. The molecule has 0 spiro atoms. The maximum atomic E-state index is 16.6. The van der Waals surface area contributed by atoms with Gasteiger partial charge in [-0.2, -0.15) is 0 Å². The number of allylic oxidation sites excluding steroid dienone is 1. The minimum absolute atomic E-state index is 0.0141. The fourth-order valence-corrected chi connectivity index (χ4v) is 24.2. The second kappa shape index (κ2) is 67.1. The fourth-order valence-electron chi connectivity index (χ4n) is 22.3. The molecule has 6 aromatic rings. The van der Waals surface area contributed by atoms with Crippen LogP contribution in [0.4, 0.5) is 0 Å². The molecular formula is C122H198N4O4S2. The molecule has 0 bridgehead atoms. The molecule has 0 saturated heterocycles. The van der Waals surface area contributed by atoms with Crippen LogP contribution in [-0.2, 0) is 22.4 Å². The molecule has 2 atom stereocenters. The highest BCUT2D eigenvalue weighted by molar-refractivity contribution is 7.14. The van der Waals surface area contributed by atoms with Gasteiger partial charge in [0.05, 0.1) is 54.1 Å². The van der Waals surface area contributed by atoms with Gasteiger partial charge in [0, 0.05) is 34.2 Å². The predicted molar refractivity (Wildman–Crippen MR) is 583 cm³/mol. The van der Waals surface area contributed by atoms with Crippen molar-refractivity contribution in [2.45, 2.75) is 538 Å². The van der Waals surface area contributed by atoms with Crippen molar-refractivity contribution in [2.24, 2.45) is 29.6 Å². The maximum absolute atomic E-state index is 16.6. The zero-order valence-corrected chi connectivity index (χ0v) is 89.2. The number of carbonyl (C=O) groups excluding carboxylic acids is 2. The topological polar surface area (TPSA) is 83.6 Å². The molecule has 742 valence electrons. The fraction of sp³-hybridized carbons (Fsp3) is 0.738. The number of aromatic nitrogens is 2. The number of pyridine rings is 2. The first-order valence-electron chi connectivity index (χ1n) is 57.4. The molecule has 2 unspecified atom stereocenters. The van der Waals surface area contributed by atoms with E-state index in [4.69, 9.17) is 0 Å². The van der Waals surface area contributed by atoms with Gasteiger partial charge >= 0.3 is 0 Å². The summed E-state index contributed by atoms with van der Waals surface area (Å²) >= 11 is 3.40. The van der Waals surface area contributed by atoms with Crippen LogP contribution < -0.4 is 11.1 Å². The first kappa shape index (κ1) is 112. The van der Waals surface area contributed by atoms with Crippen LogP contribution in [0.3, 0.4) is 0 Å². The number of nitrogens with zero attached hydrogens (tertiary/aromatic N) is 4. The van der Waals surface area contributed by atoms with E-state index in [0.29, 0.717) is 52.8 Å². The SMILES string of the molecule is CCCCCCCCCCC(CCCCCCCCCC)CCCCCc1c2c(=O)n3c(C(C)C)ccc3c(CCCCCC(CCCCCCCCCC)CCCCCCCCCC)c2c(=O)n2c(/C=C/c3ccc(C4=C5C(=O)N(CC(CCCCCC)CCCCCCCC)C(c6ccc(/C=C/C(C)C)s6)=C5C(=O)N4CC(CCCCCC)CCCCCCCC)s3)ccc12. The number of rotatable bonds is 83. The van der Waals surface area contributed by atoms with Crippen molar-refractivity contribution in [1.82, 2.24) is 18.6 Å². The van der Waals surface area contributed by atoms with Gasteiger partial charge in [0.2, 0.25) is 0 Å². The molecule has 0 N–H and O–H groups in total. The summed E-state index contributed by atoms with van der Waals surface area (Å²) in [5, 5.41) is 1.29. The van der Waals surface area contributed by atoms with Crippen molar-refractivity contribution in [3.05, 3.63) is 128 Å². The lowest BCUT2D eigenvalue weighted by Gasteiger charge is -2.29. The van der Waals surface area contributed by atoms with Gasteiger partial charge in [0.25, 0.3) is 22.9 Å². The third-order valence-corrected chi connectivity index (χ3v) is 32.5. The first-order chi connectivity index (χ1) is 64.7. The van der Waals surface area contributed by atoms with E-state index in [9.17, 15) is 0 Å². The molecule has 10 heteroatoms. The number of fused-ring (bicyclic) bond motifs is 4. The average molecular weight is 1850 g/mol. The van der Waals surface area contributed by atoms with E-state index in [1.165, 1.54) is 360 Å². The normalized spacial score (nSPS) is 14.0. The van der Waals surface area contributed by atoms with Gasteiger partial charge in [-0.1, -0.05) is 487 Å². The third-order valence-electron chi connectivity index (χ3n) is 30.4. The highest BCUT2D eigenvalue weighted by Gasteiger charge is 2.50. The van der Waals surface area contributed by atoms with E-state index in [0.717, 1.165) is 166 Å². The van der Waals surface area contributed by atoms with E-state index < -0.39 is 0 Å². The molecule has 0 aliphatic carbocycles. The van der Waals surface area contributed by atoms with Crippen molar-refractivity contribution in [3.63, 3.8) is 0 Å². The summed E-state index contributed by atoms with van der Waals surface area (Å²) in [4.78, 5) is 74.0. The minimum atomic E-state index is -0.0802. The third kappa shape index (κ3) is 37.8. The number of carbonyl (C=O) groups is 2. The van der Waals surface area contributed by atoms with Crippen LogP contribution in [0.15, 0.2) is 75.3 Å². The van der Waals surface area contributed by atoms with E-state index in [-0.39, 0.29) is 28.9 Å². The Hall–Kier alpha value is -5.32. The molecular weight excluding hydrogens is 1650 g/mol. The van der Waals surface area contributed by atoms with Crippen molar-refractivity contribution >= 4 is 85.9 Å². The molecule has 6 aromatic heterocycles. The van der Waals surface area contributed by atoms with Crippen molar-refractivity contribution in [3.8, 4) is 0 Å². The summed E-state index contributed by atoms with van der Waals surface area (Å²) in [6.45, 7) is 28.6. The lowest BCUT2D eigenvalue weighted by atomic mass is 9.89. The number of unbranched alkanes of at least 4 members (excludes halogenated alkanes) is 48. The van der Waals surface area contributed by atoms with E-state index in [2.05, 4.69) is 166 Å². The average Bonchev–Trinajstić information content (AvgIpc) is 1.53. The maximum Gasteiger partial charge on any atom is 0.264 e. The Morgan fingerprint density at radius 1 is 0.280 bits per heavy atom. The molecule has 2 aliphatic rings. The van der Waals surface area contributed by atoms with Gasteiger partial charge in [-0.3, -0.25) is 28.0 Å². The molecule has 132 heavy (non-hydrogen) atoms. The Kier molecular flexibility index (Phi) is 56.9. The van der Waals surface area contributed by atoms with Crippen LogP contribution in [0.5, 0.6) is 0 Å². The van der Waals surface area contributed by atoms with Gasteiger partial charge < -0.3 is 9.80 Å². The highest BCUT2D eigenvalue weighted by Crippen LogP contribution is 2.51. The molecule has 8 nitrogen and oxygen atoms in total. The Balaban J connectivity index is 1.21. The Morgan fingerprint density at radius 3 is 0.871 bits per heavy atom. The number of hydrogen-bond acceptors (Lipinski definition) is 6. The summed E-state index contributed by atoms with van der Waals surface area (Å²) in [6.07, 6.45) is 97.1. The van der Waals surface area contributed by atoms with Crippen LogP contribution in [0.2, 0.25) is 0 Å². The highest BCUT2D eigenvalue weighted by atomic mass is 32.1. The summed E-state index contributed by atoms with van der Waals surface area (Å²) in [5.41, 5.74) is 8.42. The van der Waals surface area contributed by atoms with Gasteiger partial charge in [0.15, 0.2) is 0 Å². The number of hydrogen-bond donors (Lipinski definition) is 0. The molecule has 2 aliphatic heterocycles. The molecule has 8 rings (SSSR count). The van der Waals surface area contributed by atoms with Crippen LogP contribution in [-0.4, -0.2) is 43.5 Å². The van der Waals surface area contributed by atoms with Crippen molar-refractivity contribution < 1.29 is 9.59 Å². The zero-order valence-electron chi connectivity index (χ0n) is 87.5. The van der Waals surface area contributed by atoms with Crippen molar-refractivity contribution in [2.75, 3.05) is 13.1 Å². The number of aryl methyl sites for hydroxylation is 2. The van der Waals surface area contributed by atoms with E-state index in [1.807, 2.05) is 8.80 Å². The van der Waals surface area contributed by atoms with Gasteiger partial charge in [-0.05, 0) is 165 Å². The second-order valence-electron chi connectivity index (χ2n) is 42.6. The van der Waals surface area contributed by atoms with Crippen LogP contribution in [0.25, 0.3) is 51.4 Å². The molecule has 0 saturated carbocycles. The van der Waals surface area contributed by atoms with E-state index >= 15 is 19.2 Å². The largest absolute Gasteiger partial charge is 0.306 e.